The fraction of sp³-hybridized carbons (Fsp3) is 0.357. The molecule has 116 valence electrons. The van der Waals surface area contributed by atoms with E-state index < -0.39 is 6.10 Å². The van der Waals surface area contributed by atoms with Crippen LogP contribution in [0.25, 0.3) is 0 Å². The number of fused-ring (bicyclic) bond motifs is 1. The number of carbonyl (C=O) groups is 1. The third kappa shape index (κ3) is 3.02. The maximum Gasteiger partial charge on any atom is 0.348 e. The topological polar surface area (TPSA) is 64.5 Å². The van der Waals surface area contributed by atoms with E-state index in [9.17, 15) is 4.79 Å². The predicted octanol–water partition coefficient (Wildman–Crippen LogP) is 2.20. The van der Waals surface area contributed by atoms with Crippen molar-refractivity contribution in [2.24, 2.45) is 0 Å². The molecule has 0 N–H and O–H groups in total. The van der Waals surface area contributed by atoms with Crippen LogP contribution in [0, 0.1) is 0 Å². The van der Waals surface area contributed by atoms with Crippen molar-refractivity contribution in [3.8, 4) is 5.75 Å². The zero-order valence-corrected chi connectivity index (χ0v) is 13.8. The molecule has 0 unspecified atom stereocenters. The molecule has 0 amide bonds. The van der Waals surface area contributed by atoms with E-state index in [1.165, 1.54) is 7.11 Å². The summed E-state index contributed by atoms with van der Waals surface area (Å²) < 4.78 is 11.5. The van der Waals surface area contributed by atoms with Crippen molar-refractivity contribution in [3.63, 3.8) is 0 Å². The fourth-order valence-corrected chi connectivity index (χ4v) is 3.59. The molecular weight excluding hydrogens is 322 g/mol. The van der Waals surface area contributed by atoms with Gasteiger partial charge in [0.05, 0.1) is 25.9 Å². The second-order valence-electron chi connectivity index (χ2n) is 4.64. The summed E-state index contributed by atoms with van der Waals surface area (Å²) in [6, 6.07) is 7.65. The van der Waals surface area contributed by atoms with Gasteiger partial charge in [-0.3, -0.25) is 0 Å². The number of rotatable bonds is 4. The van der Waals surface area contributed by atoms with Crippen LogP contribution in [-0.4, -0.2) is 42.2 Å². The Morgan fingerprint density at radius 2 is 2.32 bits per heavy atom. The maximum atomic E-state index is 11.8. The van der Waals surface area contributed by atoms with Crippen molar-refractivity contribution in [3.05, 3.63) is 29.3 Å². The average molecular weight is 337 g/mol. The predicted molar refractivity (Wildman–Crippen MR) is 85.6 cm³/mol. The van der Waals surface area contributed by atoms with E-state index in [1.807, 2.05) is 30.5 Å². The third-order valence-corrected chi connectivity index (χ3v) is 5.16. The number of nitrogens with zero attached hydrogens (tertiary/aromatic N) is 3. The summed E-state index contributed by atoms with van der Waals surface area (Å²) in [5, 5.41) is 9.21. The van der Waals surface area contributed by atoms with Gasteiger partial charge in [0.15, 0.2) is 4.34 Å². The molecule has 1 atom stereocenters. The molecule has 1 aliphatic rings. The number of methoxy groups -OCH3 is 1. The Hall–Kier alpha value is -1.80. The van der Waals surface area contributed by atoms with Gasteiger partial charge in [-0.05, 0) is 18.4 Å². The van der Waals surface area contributed by atoms with E-state index in [-0.39, 0.29) is 5.97 Å². The number of hydrogen-bond donors (Lipinski definition) is 0. The first-order chi connectivity index (χ1) is 10.7. The minimum absolute atomic E-state index is 0.374. The van der Waals surface area contributed by atoms with Crippen molar-refractivity contribution in [1.82, 2.24) is 10.2 Å². The molecule has 0 bridgehead atoms. The highest BCUT2D eigenvalue weighted by Crippen LogP contribution is 2.34. The number of para-hydroxylation sites is 2. The Morgan fingerprint density at radius 3 is 3.05 bits per heavy atom. The van der Waals surface area contributed by atoms with Gasteiger partial charge in [0, 0.05) is 0 Å². The van der Waals surface area contributed by atoms with E-state index >= 15 is 0 Å². The summed E-state index contributed by atoms with van der Waals surface area (Å²) in [4.78, 5) is 13.9. The van der Waals surface area contributed by atoms with Crippen LogP contribution in [0.2, 0.25) is 0 Å². The Bertz CT molecular complexity index is 677. The molecule has 8 heteroatoms. The molecular formula is C14H15N3O3S2. The van der Waals surface area contributed by atoms with E-state index in [4.69, 9.17) is 9.47 Å². The summed E-state index contributed by atoms with van der Waals surface area (Å²) >= 11 is 3.13. The lowest BCUT2D eigenvalue weighted by Gasteiger charge is -2.34. The molecule has 2 aromatic rings. The highest BCUT2D eigenvalue weighted by molar-refractivity contribution is 8.00. The van der Waals surface area contributed by atoms with Crippen LogP contribution < -0.4 is 9.64 Å². The summed E-state index contributed by atoms with van der Waals surface area (Å²) in [6.07, 6.45) is 1.34. The zero-order chi connectivity index (χ0) is 15.5. The number of anilines is 1. The Labute approximate surface area is 136 Å². The highest BCUT2D eigenvalue weighted by Gasteiger charge is 2.31. The average Bonchev–Trinajstić information content (AvgIpc) is 3.01. The first kappa shape index (κ1) is 15.1. The van der Waals surface area contributed by atoms with Crippen molar-refractivity contribution in [2.75, 3.05) is 24.8 Å². The summed E-state index contributed by atoms with van der Waals surface area (Å²) in [6.45, 7) is 1.02. The van der Waals surface area contributed by atoms with Gasteiger partial charge in [-0.1, -0.05) is 35.2 Å². The van der Waals surface area contributed by atoms with Crippen molar-refractivity contribution < 1.29 is 14.3 Å². The minimum Gasteiger partial charge on any atom is -0.475 e. The molecule has 22 heavy (non-hydrogen) atoms. The van der Waals surface area contributed by atoms with Gasteiger partial charge in [-0.15, -0.1) is 10.2 Å². The van der Waals surface area contributed by atoms with Gasteiger partial charge >= 0.3 is 5.97 Å². The quantitative estimate of drug-likeness (QED) is 0.626. The van der Waals surface area contributed by atoms with Crippen LogP contribution in [0.5, 0.6) is 5.75 Å². The van der Waals surface area contributed by atoms with Crippen molar-refractivity contribution in [2.45, 2.75) is 17.0 Å². The third-order valence-electron chi connectivity index (χ3n) is 3.27. The van der Waals surface area contributed by atoms with Gasteiger partial charge < -0.3 is 14.4 Å². The lowest BCUT2D eigenvalue weighted by Crippen LogP contribution is -2.44. The smallest absolute Gasteiger partial charge is 0.348 e. The van der Waals surface area contributed by atoms with E-state index in [0.29, 0.717) is 18.8 Å². The largest absolute Gasteiger partial charge is 0.475 e. The molecule has 2 heterocycles. The monoisotopic (exact) mass is 337 g/mol. The molecule has 0 fully saturated rings. The lowest BCUT2D eigenvalue weighted by atomic mass is 10.2. The number of thioether (sulfide) groups is 1. The summed E-state index contributed by atoms with van der Waals surface area (Å²) in [5.41, 5.74) is 0.948. The first-order valence-corrected chi connectivity index (χ1v) is 8.70. The summed E-state index contributed by atoms with van der Waals surface area (Å²) in [5.74, 6) is 0.306. The van der Waals surface area contributed by atoms with Gasteiger partial charge in [-0.25, -0.2) is 4.79 Å². The van der Waals surface area contributed by atoms with E-state index in [2.05, 4.69) is 15.1 Å². The normalized spacial score (nSPS) is 16.8. The molecule has 3 rings (SSSR count). The SMILES string of the molecule is COC(=O)[C@@H]1CN(Cc2nnc(SC)s2)c2ccccc2O1. The first-order valence-electron chi connectivity index (χ1n) is 6.66. The molecule has 0 radical (unpaired) electrons. The maximum absolute atomic E-state index is 11.8. The molecule has 0 spiro atoms. The number of hydrogen-bond acceptors (Lipinski definition) is 8. The number of ether oxygens (including phenoxy) is 2. The van der Waals surface area contributed by atoms with Crippen LogP contribution in [0.3, 0.4) is 0 Å². The van der Waals surface area contributed by atoms with Crippen LogP contribution in [0.1, 0.15) is 5.01 Å². The summed E-state index contributed by atoms with van der Waals surface area (Å²) in [7, 11) is 1.37. The highest BCUT2D eigenvalue weighted by atomic mass is 32.2. The van der Waals surface area contributed by atoms with Gasteiger partial charge in [0.1, 0.15) is 10.8 Å². The fourth-order valence-electron chi connectivity index (χ4n) is 2.26. The Kier molecular flexibility index (Phi) is 4.49. The lowest BCUT2D eigenvalue weighted by molar-refractivity contribution is -0.148. The van der Waals surface area contributed by atoms with Gasteiger partial charge in [0.2, 0.25) is 6.10 Å². The van der Waals surface area contributed by atoms with Crippen LogP contribution in [0.4, 0.5) is 5.69 Å². The Morgan fingerprint density at radius 1 is 1.50 bits per heavy atom. The van der Waals surface area contributed by atoms with Crippen LogP contribution in [-0.2, 0) is 16.1 Å². The molecule has 0 saturated heterocycles. The van der Waals surface area contributed by atoms with E-state index in [1.54, 1.807) is 23.1 Å². The van der Waals surface area contributed by atoms with Crippen LogP contribution >= 0.6 is 23.1 Å². The van der Waals surface area contributed by atoms with Gasteiger partial charge in [0.25, 0.3) is 0 Å². The van der Waals surface area contributed by atoms with Crippen LogP contribution in [0.15, 0.2) is 28.6 Å². The number of benzene rings is 1. The van der Waals surface area contributed by atoms with E-state index in [0.717, 1.165) is 15.0 Å². The zero-order valence-electron chi connectivity index (χ0n) is 12.2. The Balaban J connectivity index is 1.86. The second kappa shape index (κ2) is 6.53. The molecule has 6 nitrogen and oxygen atoms in total. The second-order valence-corrected chi connectivity index (χ2v) is 6.76. The minimum atomic E-state index is -0.632. The number of carbonyl (C=O) groups excluding carboxylic acids is 1. The molecule has 0 saturated carbocycles. The molecule has 1 aromatic heterocycles. The number of esters is 1. The standard InChI is InChI=1S/C14H15N3O3S2/c1-19-13(18)11-7-17(8-12-15-16-14(21-2)22-12)9-5-3-4-6-10(9)20-11/h3-6,11H,7-8H2,1-2H3/t11-/m0/s1. The molecule has 1 aromatic carbocycles. The van der Waals surface area contributed by atoms with Crippen molar-refractivity contribution >= 4 is 34.8 Å². The molecule has 0 aliphatic carbocycles. The molecule has 1 aliphatic heterocycles. The number of aromatic nitrogens is 2. The van der Waals surface area contributed by atoms with Gasteiger partial charge in [-0.2, -0.15) is 0 Å². The van der Waals surface area contributed by atoms with Crippen molar-refractivity contribution in [1.29, 1.82) is 0 Å².